The van der Waals surface area contributed by atoms with Crippen LogP contribution in [-0.2, 0) is 17.8 Å². The van der Waals surface area contributed by atoms with Gasteiger partial charge < -0.3 is 24.8 Å². The third-order valence-electron chi connectivity index (χ3n) is 9.07. The van der Waals surface area contributed by atoms with Crippen LogP contribution in [0.5, 0.6) is 0 Å². The second-order valence-corrected chi connectivity index (χ2v) is 11.8. The molecule has 2 aromatic carbocycles. The number of halogens is 1. The molecule has 2 saturated heterocycles. The Morgan fingerprint density at radius 1 is 1.07 bits per heavy atom. The molecule has 8 nitrogen and oxygen atoms in total. The summed E-state index contributed by atoms with van der Waals surface area (Å²) in [7, 11) is 0. The fourth-order valence-electron chi connectivity index (χ4n) is 6.87. The molecule has 3 aliphatic heterocycles. The van der Waals surface area contributed by atoms with Crippen LogP contribution in [0.3, 0.4) is 0 Å². The van der Waals surface area contributed by atoms with Gasteiger partial charge in [-0.15, -0.1) is 0 Å². The zero-order chi connectivity index (χ0) is 28.3. The highest BCUT2D eigenvalue weighted by Gasteiger charge is 2.32. The largest absolute Gasteiger partial charge is 0.368 e. The predicted octanol–water partition coefficient (Wildman–Crippen LogP) is 5.10. The van der Waals surface area contributed by atoms with Gasteiger partial charge in [-0.3, -0.25) is 0 Å². The average molecular weight is 574 g/mol. The molecule has 0 radical (unpaired) electrons. The van der Waals surface area contributed by atoms with Gasteiger partial charge in [-0.05, 0) is 42.9 Å². The molecular formula is C32H40ClN7O. The number of nitriles is 1. The Morgan fingerprint density at radius 2 is 1.85 bits per heavy atom. The van der Waals surface area contributed by atoms with Gasteiger partial charge in [-0.2, -0.15) is 10.2 Å². The number of piperidine rings is 1. The first-order valence-electron chi connectivity index (χ1n) is 15.1. The van der Waals surface area contributed by atoms with Gasteiger partial charge in [0.15, 0.2) is 0 Å². The van der Waals surface area contributed by atoms with Crippen molar-refractivity contribution in [3.63, 3.8) is 0 Å². The predicted molar refractivity (Wildman–Crippen MR) is 165 cm³/mol. The fourth-order valence-corrected chi connectivity index (χ4v) is 7.16. The molecule has 2 fully saturated rings. The number of hydrogen-bond donors (Lipinski definition) is 1. The van der Waals surface area contributed by atoms with Crippen molar-refractivity contribution in [3.8, 4) is 6.07 Å². The lowest BCUT2D eigenvalue weighted by molar-refractivity contribution is 0.0269. The monoisotopic (exact) mass is 573 g/mol. The molecule has 9 heteroatoms. The molecular weight excluding hydrogens is 534 g/mol. The van der Waals surface area contributed by atoms with E-state index in [0.29, 0.717) is 25.5 Å². The third-order valence-corrected chi connectivity index (χ3v) is 9.38. The van der Waals surface area contributed by atoms with Crippen molar-refractivity contribution >= 4 is 34.1 Å². The summed E-state index contributed by atoms with van der Waals surface area (Å²) in [6.07, 6.45) is 3.26. The number of nitrogens with zero attached hydrogens (tertiary/aromatic N) is 6. The third kappa shape index (κ3) is 5.74. The Balaban J connectivity index is 1.34. The van der Waals surface area contributed by atoms with E-state index >= 15 is 0 Å². The number of anilines is 2. The van der Waals surface area contributed by atoms with E-state index in [4.69, 9.17) is 26.3 Å². The maximum atomic E-state index is 9.34. The molecule has 4 heterocycles. The van der Waals surface area contributed by atoms with Crippen molar-refractivity contribution in [2.45, 2.75) is 64.3 Å². The van der Waals surface area contributed by atoms with Crippen molar-refractivity contribution in [1.29, 1.82) is 5.26 Å². The number of nitrogens with one attached hydrogen (secondary N) is 1. The number of fused-ring (bicyclic) bond motifs is 2. The van der Waals surface area contributed by atoms with Crippen molar-refractivity contribution < 1.29 is 4.74 Å². The van der Waals surface area contributed by atoms with E-state index in [-0.39, 0.29) is 12.1 Å². The summed E-state index contributed by atoms with van der Waals surface area (Å²) >= 11 is 6.70. The molecule has 3 aromatic rings. The van der Waals surface area contributed by atoms with Crippen LogP contribution >= 0.6 is 11.6 Å². The molecule has 41 heavy (non-hydrogen) atoms. The SMILES string of the molecule is CCN(CC)C1CCN(c2nc3c(c(N4CCN[C@@H](CC#N)C4)n2)COC(c2cccc4cccc(Cl)c24)C3)CC1. The van der Waals surface area contributed by atoms with Crippen LogP contribution in [0.2, 0.25) is 5.02 Å². The van der Waals surface area contributed by atoms with Crippen LogP contribution in [0.15, 0.2) is 36.4 Å². The highest BCUT2D eigenvalue weighted by atomic mass is 35.5. The van der Waals surface area contributed by atoms with Crippen LogP contribution in [0, 0.1) is 11.3 Å². The number of benzene rings is 2. The van der Waals surface area contributed by atoms with E-state index in [0.717, 1.165) is 103 Å². The molecule has 1 N–H and O–H groups in total. The summed E-state index contributed by atoms with van der Waals surface area (Å²) < 4.78 is 6.56. The minimum Gasteiger partial charge on any atom is -0.368 e. The molecule has 0 amide bonds. The molecule has 0 spiro atoms. The highest BCUT2D eigenvalue weighted by Crippen LogP contribution is 2.39. The standard InChI is InChI=1S/C32H40ClN7O/c1-3-38(4-2)24-12-16-39(17-13-24)32-36-28-19-29(25-9-5-7-22-8-6-10-27(33)30(22)25)41-21-26(28)31(37-32)40-18-15-35-23(20-40)11-14-34/h5-10,23-24,29,35H,3-4,11-13,15-21H2,1-2H3/t23-,29?/m0/s1. The number of aromatic nitrogens is 2. The van der Waals surface area contributed by atoms with Gasteiger partial charge >= 0.3 is 0 Å². The van der Waals surface area contributed by atoms with Crippen LogP contribution in [0.4, 0.5) is 11.8 Å². The molecule has 1 aromatic heterocycles. The normalized spacial score (nSPS) is 21.7. The minimum atomic E-state index is -0.135. The van der Waals surface area contributed by atoms with Crippen LogP contribution in [-0.4, -0.2) is 72.8 Å². The Hall–Kier alpha value is -2.96. The van der Waals surface area contributed by atoms with E-state index in [2.05, 4.69) is 64.2 Å². The molecule has 0 bridgehead atoms. The number of piperazine rings is 1. The summed E-state index contributed by atoms with van der Waals surface area (Å²) in [6, 6.07) is 15.4. The first kappa shape index (κ1) is 28.2. The molecule has 0 aliphatic carbocycles. The number of ether oxygens (including phenoxy) is 1. The maximum Gasteiger partial charge on any atom is 0.227 e. The second kappa shape index (κ2) is 12.5. The Kier molecular flexibility index (Phi) is 8.59. The first-order chi connectivity index (χ1) is 20.1. The van der Waals surface area contributed by atoms with Gasteiger partial charge in [0.25, 0.3) is 0 Å². The van der Waals surface area contributed by atoms with E-state index < -0.39 is 0 Å². The summed E-state index contributed by atoms with van der Waals surface area (Å²) in [5, 5.41) is 15.7. The first-order valence-corrected chi connectivity index (χ1v) is 15.5. The Morgan fingerprint density at radius 3 is 2.61 bits per heavy atom. The summed E-state index contributed by atoms with van der Waals surface area (Å²) in [6.45, 7) is 11.5. The Labute approximate surface area is 248 Å². The lowest BCUT2D eigenvalue weighted by atomic mass is 9.94. The van der Waals surface area contributed by atoms with Crippen molar-refractivity contribution in [3.05, 3.63) is 58.2 Å². The van der Waals surface area contributed by atoms with E-state index in [1.165, 1.54) is 0 Å². The lowest BCUT2D eigenvalue weighted by Crippen LogP contribution is -2.51. The van der Waals surface area contributed by atoms with Gasteiger partial charge in [0.2, 0.25) is 5.95 Å². The molecule has 2 atom stereocenters. The average Bonchev–Trinajstić information content (AvgIpc) is 3.01. The van der Waals surface area contributed by atoms with Crippen LogP contribution < -0.4 is 15.1 Å². The number of rotatable bonds is 7. The van der Waals surface area contributed by atoms with Gasteiger partial charge in [0, 0.05) is 67.2 Å². The van der Waals surface area contributed by atoms with Crippen LogP contribution in [0.25, 0.3) is 10.8 Å². The summed E-state index contributed by atoms with van der Waals surface area (Å²) in [5.74, 6) is 1.79. The summed E-state index contributed by atoms with van der Waals surface area (Å²) in [4.78, 5) is 17.7. The fraction of sp³-hybridized carbons (Fsp3) is 0.531. The minimum absolute atomic E-state index is 0.128. The molecule has 216 valence electrons. The Bertz CT molecular complexity index is 1410. The van der Waals surface area contributed by atoms with Gasteiger partial charge in [0.05, 0.1) is 30.9 Å². The number of hydrogen-bond acceptors (Lipinski definition) is 8. The summed E-state index contributed by atoms with van der Waals surface area (Å²) in [5.41, 5.74) is 3.25. The van der Waals surface area contributed by atoms with Gasteiger partial charge in [-0.1, -0.05) is 55.8 Å². The molecule has 1 unspecified atom stereocenters. The van der Waals surface area contributed by atoms with Crippen molar-refractivity contribution in [1.82, 2.24) is 20.2 Å². The molecule has 3 aliphatic rings. The van der Waals surface area contributed by atoms with Gasteiger partial charge in [0.1, 0.15) is 5.82 Å². The van der Waals surface area contributed by atoms with Crippen LogP contribution in [0.1, 0.15) is 56.0 Å². The quantitative estimate of drug-likeness (QED) is 0.418. The zero-order valence-electron chi connectivity index (χ0n) is 24.2. The highest BCUT2D eigenvalue weighted by molar-refractivity contribution is 6.35. The van der Waals surface area contributed by atoms with E-state index in [1.54, 1.807) is 0 Å². The smallest absolute Gasteiger partial charge is 0.227 e. The van der Waals surface area contributed by atoms with E-state index in [1.807, 2.05) is 12.1 Å². The molecule has 0 saturated carbocycles. The van der Waals surface area contributed by atoms with Crippen molar-refractivity contribution in [2.24, 2.45) is 0 Å². The lowest BCUT2D eigenvalue weighted by Gasteiger charge is -2.39. The van der Waals surface area contributed by atoms with Gasteiger partial charge in [-0.25, -0.2) is 4.98 Å². The second-order valence-electron chi connectivity index (χ2n) is 11.4. The van der Waals surface area contributed by atoms with E-state index in [9.17, 15) is 5.26 Å². The molecule has 6 rings (SSSR count). The topological polar surface area (TPSA) is 80.5 Å². The maximum absolute atomic E-state index is 9.34. The zero-order valence-corrected chi connectivity index (χ0v) is 24.9. The van der Waals surface area contributed by atoms with Crippen molar-refractivity contribution in [2.75, 3.05) is 55.6 Å².